The highest BCUT2D eigenvalue weighted by molar-refractivity contribution is 5.87. The molecule has 2 aromatic heterocycles. The molecule has 22 heavy (non-hydrogen) atoms. The summed E-state index contributed by atoms with van der Waals surface area (Å²) in [6.45, 7) is 1.54. The normalized spacial score (nSPS) is 23.8. The van der Waals surface area contributed by atoms with E-state index in [4.69, 9.17) is 5.26 Å². The maximum absolute atomic E-state index is 12.1. The predicted octanol–water partition coefficient (Wildman–Crippen LogP) is 1.05. The van der Waals surface area contributed by atoms with Gasteiger partial charge in [0.05, 0.1) is 11.5 Å². The van der Waals surface area contributed by atoms with E-state index in [1.54, 1.807) is 6.33 Å². The quantitative estimate of drug-likeness (QED) is 0.894. The molecule has 1 unspecified atom stereocenters. The molecule has 2 fully saturated rings. The molecular formula is C15H16N6O. The Hall–Kier alpha value is -2.62. The summed E-state index contributed by atoms with van der Waals surface area (Å²) in [6.07, 6.45) is 5.41. The maximum atomic E-state index is 12.1. The molecule has 2 aromatic rings. The molecule has 0 saturated carbocycles. The molecule has 0 aromatic carbocycles. The average Bonchev–Trinajstić information content (AvgIpc) is 3.09. The van der Waals surface area contributed by atoms with Crippen LogP contribution in [0.5, 0.6) is 0 Å². The third-order valence-electron chi connectivity index (χ3n) is 4.63. The van der Waals surface area contributed by atoms with Gasteiger partial charge in [0.25, 0.3) is 0 Å². The zero-order valence-corrected chi connectivity index (χ0v) is 12.1. The van der Waals surface area contributed by atoms with E-state index in [0.717, 1.165) is 42.8 Å². The van der Waals surface area contributed by atoms with Crippen LogP contribution in [0, 0.1) is 11.3 Å². The van der Waals surface area contributed by atoms with Crippen molar-refractivity contribution in [1.29, 1.82) is 5.26 Å². The number of anilines is 1. The Kier molecular flexibility index (Phi) is 2.96. The van der Waals surface area contributed by atoms with Gasteiger partial charge in [0.2, 0.25) is 5.91 Å². The number of amides is 1. The molecule has 0 aliphatic carbocycles. The fourth-order valence-electron chi connectivity index (χ4n) is 3.75. The van der Waals surface area contributed by atoms with Crippen molar-refractivity contribution in [3.63, 3.8) is 0 Å². The van der Waals surface area contributed by atoms with Gasteiger partial charge in [-0.05, 0) is 18.9 Å². The first kappa shape index (κ1) is 13.1. The van der Waals surface area contributed by atoms with Crippen molar-refractivity contribution in [3.8, 4) is 6.07 Å². The minimum Gasteiger partial charge on any atom is -0.352 e. The molecule has 2 aliphatic heterocycles. The van der Waals surface area contributed by atoms with Crippen molar-refractivity contribution in [2.75, 3.05) is 18.0 Å². The smallest absolute Gasteiger partial charge is 0.237 e. The van der Waals surface area contributed by atoms with Crippen molar-refractivity contribution in [1.82, 2.24) is 19.9 Å². The highest BCUT2D eigenvalue weighted by Crippen LogP contribution is 2.34. The lowest BCUT2D eigenvalue weighted by Crippen LogP contribution is -2.56. The standard InChI is InChI=1S/C15H16N6O/c16-5-3-13(22)21-10-1-2-11(21)8-20(7-10)15-12-4-6-17-14(12)18-9-19-15/h4,6,9-11H,1-3,7-8H2,(H,17,18,19)/t10-,11?/m0/s1. The molecule has 7 nitrogen and oxygen atoms in total. The van der Waals surface area contributed by atoms with Gasteiger partial charge in [-0.15, -0.1) is 0 Å². The van der Waals surface area contributed by atoms with Gasteiger partial charge in [-0.2, -0.15) is 5.26 Å². The van der Waals surface area contributed by atoms with E-state index in [2.05, 4.69) is 19.9 Å². The van der Waals surface area contributed by atoms with Crippen LogP contribution in [0.1, 0.15) is 19.3 Å². The van der Waals surface area contributed by atoms with Crippen molar-refractivity contribution >= 4 is 22.8 Å². The van der Waals surface area contributed by atoms with Gasteiger partial charge in [0.15, 0.2) is 0 Å². The number of piperazine rings is 1. The first-order valence-electron chi connectivity index (χ1n) is 7.49. The number of nitriles is 1. The molecule has 4 rings (SSSR count). The molecule has 1 amide bonds. The number of aromatic amines is 1. The molecule has 7 heteroatoms. The summed E-state index contributed by atoms with van der Waals surface area (Å²) in [5.41, 5.74) is 0.834. The van der Waals surface area contributed by atoms with Gasteiger partial charge in [0.1, 0.15) is 24.2 Å². The van der Waals surface area contributed by atoms with Crippen LogP contribution in [-0.4, -0.2) is 50.9 Å². The Morgan fingerprint density at radius 3 is 2.86 bits per heavy atom. The lowest BCUT2D eigenvalue weighted by molar-refractivity contribution is -0.133. The Morgan fingerprint density at radius 2 is 2.14 bits per heavy atom. The zero-order valence-electron chi connectivity index (χ0n) is 12.1. The van der Waals surface area contributed by atoms with E-state index in [1.807, 2.05) is 23.2 Å². The zero-order chi connectivity index (χ0) is 15.1. The van der Waals surface area contributed by atoms with E-state index in [1.165, 1.54) is 0 Å². The largest absolute Gasteiger partial charge is 0.352 e. The number of aromatic nitrogens is 3. The van der Waals surface area contributed by atoms with Crippen LogP contribution < -0.4 is 4.90 Å². The molecule has 0 spiro atoms. The second-order valence-corrected chi connectivity index (χ2v) is 5.86. The van der Waals surface area contributed by atoms with Crippen LogP contribution in [0.2, 0.25) is 0 Å². The third kappa shape index (κ3) is 1.91. The number of H-pyrrole nitrogens is 1. The van der Waals surface area contributed by atoms with Gasteiger partial charge in [0, 0.05) is 31.4 Å². The molecule has 2 aliphatic rings. The minimum absolute atomic E-state index is 0.0252. The second kappa shape index (κ2) is 4.98. The first-order valence-corrected chi connectivity index (χ1v) is 7.49. The van der Waals surface area contributed by atoms with E-state index in [0.29, 0.717) is 0 Å². The van der Waals surface area contributed by atoms with Gasteiger partial charge < -0.3 is 14.8 Å². The Balaban J connectivity index is 1.62. The summed E-state index contributed by atoms with van der Waals surface area (Å²) in [5.74, 6) is 0.889. The fourth-order valence-corrected chi connectivity index (χ4v) is 3.75. The highest BCUT2D eigenvalue weighted by atomic mass is 16.2. The number of rotatable bonds is 2. The third-order valence-corrected chi connectivity index (χ3v) is 4.63. The van der Waals surface area contributed by atoms with Crippen LogP contribution >= 0.6 is 0 Å². The lowest BCUT2D eigenvalue weighted by Gasteiger charge is -2.41. The Morgan fingerprint density at radius 1 is 1.36 bits per heavy atom. The Labute approximate surface area is 127 Å². The predicted molar refractivity (Wildman–Crippen MR) is 80.0 cm³/mol. The molecule has 0 radical (unpaired) electrons. The van der Waals surface area contributed by atoms with E-state index in [-0.39, 0.29) is 24.4 Å². The SMILES string of the molecule is N#CCC(=O)N1C2CC[C@H]1CN(c1ncnc3[nH]ccc13)C2. The molecule has 2 atom stereocenters. The molecule has 4 heterocycles. The average molecular weight is 296 g/mol. The summed E-state index contributed by atoms with van der Waals surface area (Å²) in [4.78, 5) is 28.1. The monoisotopic (exact) mass is 296 g/mol. The highest BCUT2D eigenvalue weighted by Gasteiger charge is 2.42. The summed E-state index contributed by atoms with van der Waals surface area (Å²) >= 11 is 0. The molecule has 112 valence electrons. The number of hydrogen-bond acceptors (Lipinski definition) is 5. The van der Waals surface area contributed by atoms with Crippen molar-refractivity contribution in [3.05, 3.63) is 18.6 Å². The number of carbonyl (C=O) groups excluding carboxylic acids is 1. The summed E-state index contributed by atoms with van der Waals surface area (Å²) in [6, 6.07) is 4.32. The van der Waals surface area contributed by atoms with E-state index < -0.39 is 0 Å². The number of nitrogens with zero attached hydrogens (tertiary/aromatic N) is 5. The van der Waals surface area contributed by atoms with Crippen molar-refractivity contribution < 1.29 is 4.79 Å². The van der Waals surface area contributed by atoms with E-state index >= 15 is 0 Å². The van der Waals surface area contributed by atoms with Gasteiger partial charge in [-0.1, -0.05) is 0 Å². The lowest BCUT2D eigenvalue weighted by atomic mass is 10.1. The van der Waals surface area contributed by atoms with E-state index in [9.17, 15) is 4.79 Å². The van der Waals surface area contributed by atoms with Gasteiger partial charge >= 0.3 is 0 Å². The maximum Gasteiger partial charge on any atom is 0.237 e. The van der Waals surface area contributed by atoms with Gasteiger partial charge in [-0.25, -0.2) is 9.97 Å². The number of fused-ring (bicyclic) bond motifs is 3. The summed E-state index contributed by atoms with van der Waals surface area (Å²) in [7, 11) is 0. The summed E-state index contributed by atoms with van der Waals surface area (Å²) < 4.78 is 0. The molecule has 1 N–H and O–H groups in total. The molecule has 2 saturated heterocycles. The second-order valence-electron chi connectivity index (χ2n) is 5.86. The topological polar surface area (TPSA) is 88.9 Å². The fraction of sp³-hybridized carbons (Fsp3) is 0.467. The van der Waals surface area contributed by atoms with Crippen molar-refractivity contribution in [2.24, 2.45) is 0 Å². The van der Waals surface area contributed by atoms with Crippen LogP contribution in [0.3, 0.4) is 0 Å². The van der Waals surface area contributed by atoms with Crippen LogP contribution in [0.15, 0.2) is 18.6 Å². The number of nitrogens with one attached hydrogen (secondary N) is 1. The number of hydrogen-bond donors (Lipinski definition) is 1. The van der Waals surface area contributed by atoms with Crippen molar-refractivity contribution in [2.45, 2.75) is 31.3 Å². The summed E-state index contributed by atoms with van der Waals surface area (Å²) in [5, 5.41) is 9.77. The van der Waals surface area contributed by atoms with Gasteiger partial charge in [-0.3, -0.25) is 4.79 Å². The molecular weight excluding hydrogens is 280 g/mol. The van der Waals surface area contributed by atoms with Crippen LogP contribution in [0.4, 0.5) is 5.82 Å². The van der Waals surface area contributed by atoms with Crippen LogP contribution in [0.25, 0.3) is 11.0 Å². The number of carbonyl (C=O) groups is 1. The minimum atomic E-state index is -0.0378. The van der Waals surface area contributed by atoms with Crippen LogP contribution in [-0.2, 0) is 4.79 Å². The molecule has 2 bridgehead atoms. The first-order chi connectivity index (χ1) is 10.8. The Bertz CT molecular complexity index is 749.